The van der Waals surface area contributed by atoms with Crippen LogP contribution >= 0.6 is 22.9 Å². The van der Waals surface area contributed by atoms with Gasteiger partial charge in [-0.2, -0.15) is 0 Å². The average Bonchev–Trinajstić information content (AvgIpc) is 2.87. The predicted molar refractivity (Wildman–Crippen MR) is 93.6 cm³/mol. The Hall–Kier alpha value is -2.05. The lowest BCUT2D eigenvalue weighted by atomic mass is 10.2. The highest BCUT2D eigenvalue weighted by Gasteiger charge is 2.20. The first-order valence-corrected chi connectivity index (χ1v) is 8.15. The maximum atomic E-state index is 12.3. The Balaban J connectivity index is 2.06. The number of nitrogens with one attached hydrogen (secondary N) is 2. The lowest BCUT2D eigenvalue weighted by molar-refractivity contribution is 0.0636. The SMILES string of the molecule is CC(C)(C)OC(=O)Nc1ccsc1C(=O)Nc1ccc(Cl)cc1. The molecule has 1 aromatic heterocycles. The molecule has 23 heavy (non-hydrogen) atoms. The zero-order valence-corrected chi connectivity index (χ0v) is 14.5. The van der Waals surface area contributed by atoms with Crippen molar-refractivity contribution in [2.45, 2.75) is 26.4 Å². The summed E-state index contributed by atoms with van der Waals surface area (Å²) < 4.78 is 5.19. The summed E-state index contributed by atoms with van der Waals surface area (Å²) >= 11 is 7.04. The number of carbonyl (C=O) groups is 2. The van der Waals surface area contributed by atoms with E-state index in [1.54, 1.807) is 56.5 Å². The molecule has 1 aromatic carbocycles. The van der Waals surface area contributed by atoms with Crippen LogP contribution in [0.25, 0.3) is 0 Å². The van der Waals surface area contributed by atoms with Crippen molar-refractivity contribution in [2.24, 2.45) is 0 Å². The zero-order chi connectivity index (χ0) is 17.0. The fourth-order valence-electron chi connectivity index (χ4n) is 1.72. The molecule has 2 aromatic rings. The summed E-state index contributed by atoms with van der Waals surface area (Å²) in [6, 6.07) is 8.44. The summed E-state index contributed by atoms with van der Waals surface area (Å²) in [5.41, 5.74) is 0.429. The molecule has 0 aliphatic carbocycles. The van der Waals surface area contributed by atoms with Gasteiger partial charge in [-0.05, 0) is 56.5 Å². The molecule has 2 rings (SSSR count). The Morgan fingerprint density at radius 1 is 1.09 bits per heavy atom. The highest BCUT2D eigenvalue weighted by Crippen LogP contribution is 2.25. The Morgan fingerprint density at radius 2 is 1.74 bits per heavy atom. The van der Waals surface area contributed by atoms with Crippen molar-refractivity contribution in [1.82, 2.24) is 0 Å². The molecule has 0 unspecified atom stereocenters. The van der Waals surface area contributed by atoms with E-state index in [2.05, 4.69) is 10.6 Å². The van der Waals surface area contributed by atoms with Crippen molar-refractivity contribution in [3.63, 3.8) is 0 Å². The van der Waals surface area contributed by atoms with Crippen LogP contribution in [0.1, 0.15) is 30.4 Å². The molecule has 2 N–H and O–H groups in total. The molecule has 0 spiro atoms. The lowest BCUT2D eigenvalue weighted by Crippen LogP contribution is -2.27. The summed E-state index contributed by atoms with van der Waals surface area (Å²) in [5, 5.41) is 7.66. The molecule has 0 saturated heterocycles. The predicted octanol–water partition coefficient (Wildman–Crippen LogP) is 5.00. The third-order valence-corrected chi connectivity index (χ3v) is 3.77. The maximum absolute atomic E-state index is 12.3. The molecule has 0 atom stereocenters. The number of amides is 2. The first kappa shape index (κ1) is 17.3. The summed E-state index contributed by atoms with van der Waals surface area (Å²) in [4.78, 5) is 24.5. The van der Waals surface area contributed by atoms with E-state index < -0.39 is 11.7 Å². The van der Waals surface area contributed by atoms with Crippen LogP contribution in [0.3, 0.4) is 0 Å². The van der Waals surface area contributed by atoms with E-state index in [1.807, 2.05) is 0 Å². The zero-order valence-electron chi connectivity index (χ0n) is 13.0. The van der Waals surface area contributed by atoms with Crippen molar-refractivity contribution >= 4 is 46.3 Å². The van der Waals surface area contributed by atoms with Gasteiger partial charge in [-0.1, -0.05) is 11.6 Å². The van der Waals surface area contributed by atoms with Gasteiger partial charge in [-0.3, -0.25) is 10.1 Å². The average molecular weight is 353 g/mol. The number of anilines is 2. The Kier molecular flexibility index (Phi) is 5.28. The molecule has 0 fully saturated rings. The van der Waals surface area contributed by atoms with E-state index >= 15 is 0 Å². The Labute approximate surface area is 143 Å². The summed E-state index contributed by atoms with van der Waals surface area (Å²) in [7, 11) is 0. The summed E-state index contributed by atoms with van der Waals surface area (Å²) in [6.45, 7) is 5.32. The lowest BCUT2D eigenvalue weighted by Gasteiger charge is -2.19. The van der Waals surface area contributed by atoms with E-state index in [4.69, 9.17) is 16.3 Å². The molecule has 122 valence electrons. The van der Waals surface area contributed by atoms with Gasteiger partial charge < -0.3 is 10.1 Å². The standard InChI is InChI=1S/C16H17ClN2O3S/c1-16(2,3)22-15(21)19-12-8-9-23-13(12)14(20)18-11-6-4-10(17)5-7-11/h4-9H,1-3H3,(H,18,20)(H,19,21). The fourth-order valence-corrected chi connectivity index (χ4v) is 2.59. The van der Waals surface area contributed by atoms with Gasteiger partial charge in [0.2, 0.25) is 0 Å². The minimum Gasteiger partial charge on any atom is -0.444 e. The van der Waals surface area contributed by atoms with Crippen molar-refractivity contribution < 1.29 is 14.3 Å². The van der Waals surface area contributed by atoms with Gasteiger partial charge in [0.15, 0.2) is 0 Å². The van der Waals surface area contributed by atoms with Gasteiger partial charge in [0.25, 0.3) is 5.91 Å². The van der Waals surface area contributed by atoms with Crippen molar-refractivity contribution in [2.75, 3.05) is 10.6 Å². The molecule has 0 saturated carbocycles. The molecule has 5 nitrogen and oxygen atoms in total. The van der Waals surface area contributed by atoms with Crippen LogP contribution in [0.2, 0.25) is 5.02 Å². The van der Waals surface area contributed by atoms with Crippen molar-refractivity contribution in [3.8, 4) is 0 Å². The third kappa shape index (κ3) is 5.26. The number of halogens is 1. The smallest absolute Gasteiger partial charge is 0.412 e. The van der Waals surface area contributed by atoms with Crippen LogP contribution in [0.15, 0.2) is 35.7 Å². The van der Waals surface area contributed by atoms with Gasteiger partial charge in [0, 0.05) is 10.7 Å². The number of hydrogen-bond donors (Lipinski definition) is 2. The van der Waals surface area contributed by atoms with E-state index in [0.717, 1.165) is 0 Å². The molecular formula is C16H17ClN2O3S. The Morgan fingerprint density at radius 3 is 2.35 bits per heavy atom. The second-order valence-electron chi connectivity index (χ2n) is 5.75. The second kappa shape index (κ2) is 7.02. The molecule has 1 heterocycles. The van der Waals surface area contributed by atoms with Crippen LogP contribution in [0, 0.1) is 0 Å². The van der Waals surface area contributed by atoms with Crippen molar-refractivity contribution in [3.05, 3.63) is 45.6 Å². The highest BCUT2D eigenvalue weighted by molar-refractivity contribution is 7.12. The monoisotopic (exact) mass is 352 g/mol. The number of thiophene rings is 1. The quantitative estimate of drug-likeness (QED) is 0.816. The largest absolute Gasteiger partial charge is 0.444 e. The molecule has 7 heteroatoms. The first-order chi connectivity index (χ1) is 10.7. The van der Waals surface area contributed by atoms with Gasteiger partial charge in [0.05, 0.1) is 5.69 Å². The topological polar surface area (TPSA) is 67.4 Å². The third-order valence-electron chi connectivity index (χ3n) is 2.61. The van der Waals surface area contributed by atoms with Crippen LogP contribution in [-0.4, -0.2) is 17.6 Å². The number of ether oxygens (including phenoxy) is 1. The van der Waals surface area contributed by atoms with Crippen LogP contribution < -0.4 is 10.6 Å². The number of carbonyl (C=O) groups excluding carboxylic acids is 2. The molecular weight excluding hydrogens is 336 g/mol. The van der Waals surface area contributed by atoms with Gasteiger partial charge in [0.1, 0.15) is 10.5 Å². The molecule has 0 aliphatic heterocycles. The van der Waals surface area contributed by atoms with Crippen LogP contribution in [0.5, 0.6) is 0 Å². The minimum absolute atomic E-state index is 0.312. The fraction of sp³-hybridized carbons (Fsp3) is 0.250. The van der Waals surface area contributed by atoms with Crippen molar-refractivity contribution in [1.29, 1.82) is 0 Å². The van der Waals surface area contributed by atoms with Crippen LogP contribution in [-0.2, 0) is 4.74 Å². The molecule has 0 bridgehead atoms. The van der Waals surface area contributed by atoms with E-state index in [1.165, 1.54) is 11.3 Å². The van der Waals surface area contributed by atoms with E-state index in [-0.39, 0.29) is 5.91 Å². The van der Waals surface area contributed by atoms with Gasteiger partial charge in [-0.15, -0.1) is 11.3 Å². The maximum Gasteiger partial charge on any atom is 0.412 e. The molecule has 0 aliphatic rings. The minimum atomic E-state index is -0.605. The highest BCUT2D eigenvalue weighted by atomic mass is 35.5. The van der Waals surface area contributed by atoms with Gasteiger partial charge >= 0.3 is 6.09 Å². The number of hydrogen-bond acceptors (Lipinski definition) is 4. The molecule has 0 radical (unpaired) electrons. The number of benzene rings is 1. The van der Waals surface area contributed by atoms with E-state index in [9.17, 15) is 9.59 Å². The summed E-state index contributed by atoms with van der Waals surface area (Å²) in [6.07, 6.45) is -0.601. The normalized spacial score (nSPS) is 11.0. The number of rotatable bonds is 3. The Bertz CT molecular complexity index is 705. The second-order valence-corrected chi connectivity index (χ2v) is 7.10. The summed E-state index contributed by atoms with van der Waals surface area (Å²) in [5.74, 6) is -0.312. The molecule has 2 amide bonds. The van der Waals surface area contributed by atoms with Gasteiger partial charge in [-0.25, -0.2) is 4.79 Å². The first-order valence-electron chi connectivity index (χ1n) is 6.89. The van der Waals surface area contributed by atoms with E-state index in [0.29, 0.717) is 21.3 Å². The van der Waals surface area contributed by atoms with Crippen LogP contribution in [0.4, 0.5) is 16.2 Å².